The summed E-state index contributed by atoms with van der Waals surface area (Å²) in [6, 6.07) is 7.91. The number of guanidine groups is 1. The zero-order valence-corrected chi connectivity index (χ0v) is 16.0. The second kappa shape index (κ2) is 10.5. The summed E-state index contributed by atoms with van der Waals surface area (Å²) in [5.41, 5.74) is 2.01. The zero-order chi connectivity index (χ0) is 18.8. The summed E-state index contributed by atoms with van der Waals surface area (Å²) in [7, 11) is 1.66. The monoisotopic (exact) mass is 360 g/mol. The predicted molar refractivity (Wildman–Crippen MR) is 101 cm³/mol. The molecule has 0 atom stereocenters. The van der Waals surface area contributed by atoms with Crippen LogP contribution < -0.4 is 15.4 Å². The quantitative estimate of drug-likeness (QED) is 0.406. The molecule has 7 nitrogen and oxygen atoms in total. The summed E-state index contributed by atoms with van der Waals surface area (Å²) in [5.74, 6) is 3.05. The van der Waals surface area contributed by atoms with E-state index in [0.29, 0.717) is 32.2 Å². The Bertz CT molecular complexity index is 676. The number of benzene rings is 1. The van der Waals surface area contributed by atoms with Crippen LogP contribution in [0.2, 0.25) is 0 Å². The SMILES string of the molecule is CCNC(=NCc1ccc(OCCOC)cc1)NCc1nc(C)c(C)o1. The van der Waals surface area contributed by atoms with Crippen molar-refractivity contribution in [2.75, 3.05) is 26.9 Å². The fourth-order valence-electron chi connectivity index (χ4n) is 2.22. The first kappa shape index (κ1) is 19.8. The van der Waals surface area contributed by atoms with Crippen molar-refractivity contribution < 1.29 is 13.9 Å². The van der Waals surface area contributed by atoms with Gasteiger partial charge in [0.25, 0.3) is 0 Å². The summed E-state index contributed by atoms with van der Waals surface area (Å²) in [6.45, 7) is 8.84. The topological polar surface area (TPSA) is 80.9 Å². The molecule has 1 heterocycles. The van der Waals surface area contributed by atoms with Crippen LogP contribution in [0.4, 0.5) is 0 Å². The summed E-state index contributed by atoms with van der Waals surface area (Å²) < 4.78 is 16.1. The lowest BCUT2D eigenvalue weighted by atomic mass is 10.2. The van der Waals surface area contributed by atoms with E-state index in [1.807, 2.05) is 45.0 Å². The first-order valence-electron chi connectivity index (χ1n) is 8.78. The van der Waals surface area contributed by atoms with Gasteiger partial charge < -0.3 is 24.5 Å². The average molecular weight is 360 g/mol. The predicted octanol–water partition coefficient (Wildman–Crippen LogP) is 2.57. The van der Waals surface area contributed by atoms with Gasteiger partial charge in [-0.15, -0.1) is 0 Å². The van der Waals surface area contributed by atoms with Gasteiger partial charge in [-0.1, -0.05) is 12.1 Å². The molecule has 0 aliphatic carbocycles. The third kappa shape index (κ3) is 6.40. The van der Waals surface area contributed by atoms with Crippen LogP contribution in [-0.2, 0) is 17.8 Å². The summed E-state index contributed by atoms with van der Waals surface area (Å²) in [4.78, 5) is 8.96. The number of aliphatic imine (C=N–C) groups is 1. The first-order valence-corrected chi connectivity index (χ1v) is 8.78. The third-order valence-corrected chi connectivity index (χ3v) is 3.72. The number of ether oxygens (including phenoxy) is 2. The number of hydrogen-bond donors (Lipinski definition) is 2. The highest BCUT2D eigenvalue weighted by molar-refractivity contribution is 5.79. The van der Waals surface area contributed by atoms with Crippen LogP contribution in [-0.4, -0.2) is 37.8 Å². The Morgan fingerprint density at radius 1 is 1.15 bits per heavy atom. The largest absolute Gasteiger partial charge is 0.491 e. The number of hydrogen-bond acceptors (Lipinski definition) is 5. The molecule has 2 N–H and O–H groups in total. The maximum absolute atomic E-state index is 5.58. The van der Waals surface area contributed by atoms with E-state index in [4.69, 9.17) is 13.9 Å². The molecule has 0 bridgehead atoms. The maximum atomic E-state index is 5.58. The van der Waals surface area contributed by atoms with E-state index in [2.05, 4.69) is 20.6 Å². The van der Waals surface area contributed by atoms with Crippen LogP contribution in [0.25, 0.3) is 0 Å². The van der Waals surface area contributed by atoms with E-state index >= 15 is 0 Å². The summed E-state index contributed by atoms with van der Waals surface area (Å²) in [5, 5.41) is 6.46. The normalized spacial score (nSPS) is 11.5. The molecule has 2 aromatic rings. The second-order valence-electron chi connectivity index (χ2n) is 5.78. The molecule has 0 unspecified atom stereocenters. The van der Waals surface area contributed by atoms with Crippen molar-refractivity contribution in [3.05, 3.63) is 47.2 Å². The van der Waals surface area contributed by atoms with Crippen LogP contribution in [0.5, 0.6) is 5.75 Å². The number of aryl methyl sites for hydroxylation is 2. The lowest BCUT2D eigenvalue weighted by Gasteiger charge is -2.10. The lowest BCUT2D eigenvalue weighted by Crippen LogP contribution is -2.36. The molecule has 0 aliphatic heterocycles. The number of nitrogens with one attached hydrogen (secondary N) is 2. The standard InChI is InChI=1S/C19H28N4O3/c1-5-20-19(22-13-18-23-14(2)15(3)26-18)21-12-16-6-8-17(9-7-16)25-11-10-24-4/h6-9H,5,10-13H2,1-4H3,(H2,20,21,22). The molecule has 0 radical (unpaired) electrons. The van der Waals surface area contributed by atoms with Crippen molar-refractivity contribution >= 4 is 5.96 Å². The smallest absolute Gasteiger partial charge is 0.214 e. The summed E-state index contributed by atoms with van der Waals surface area (Å²) >= 11 is 0. The van der Waals surface area contributed by atoms with Gasteiger partial charge in [-0.25, -0.2) is 9.98 Å². The second-order valence-corrected chi connectivity index (χ2v) is 5.78. The Hall–Kier alpha value is -2.54. The highest BCUT2D eigenvalue weighted by Crippen LogP contribution is 2.13. The molecule has 0 saturated heterocycles. The molecule has 0 aliphatic rings. The van der Waals surface area contributed by atoms with E-state index in [1.54, 1.807) is 7.11 Å². The van der Waals surface area contributed by atoms with Gasteiger partial charge in [-0.05, 0) is 38.5 Å². The van der Waals surface area contributed by atoms with Crippen molar-refractivity contribution in [2.45, 2.75) is 33.9 Å². The number of oxazole rings is 1. The molecule has 0 fully saturated rings. The average Bonchev–Trinajstić information content (AvgIpc) is 2.96. The Labute approximate surface area is 154 Å². The molecular formula is C19H28N4O3. The Morgan fingerprint density at radius 3 is 2.54 bits per heavy atom. The van der Waals surface area contributed by atoms with Gasteiger partial charge in [-0.3, -0.25) is 0 Å². The molecule has 0 spiro atoms. The zero-order valence-electron chi connectivity index (χ0n) is 16.0. The Balaban J connectivity index is 1.89. The van der Waals surface area contributed by atoms with Crippen molar-refractivity contribution in [1.29, 1.82) is 0 Å². The number of methoxy groups -OCH3 is 1. The van der Waals surface area contributed by atoms with E-state index < -0.39 is 0 Å². The molecule has 0 amide bonds. The van der Waals surface area contributed by atoms with E-state index in [1.165, 1.54) is 0 Å². The molecular weight excluding hydrogens is 332 g/mol. The van der Waals surface area contributed by atoms with E-state index in [0.717, 1.165) is 35.3 Å². The van der Waals surface area contributed by atoms with Crippen molar-refractivity contribution in [3.8, 4) is 5.75 Å². The Morgan fingerprint density at radius 2 is 1.92 bits per heavy atom. The number of nitrogens with zero attached hydrogens (tertiary/aromatic N) is 2. The van der Waals surface area contributed by atoms with Crippen LogP contribution in [0.15, 0.2) is 33.7 Å². The van der Waals surface area contributed by atoms with Crippen molar-refractivity contribution in [2.24, 2.45) is 4.99 Å². The first-order chi connectivity index (χ1) is 12.6. The summed E-state index contributed by atoms with van der Waals surface area (Å²) in [6.07, 6.45) is 0. The van der Waals surface area contributed by atoms with Crippen molar-refractivity contribution in [3.63, 3.8) is 0 Å². The van der Waals surface area contributed by atoms with Gasteiger partial charge >= 0.3 is 0 Å². The molecule has 0 saturated carbocycles. The highest BCUT2D eigenvalue weighted by Gasteiger charge is 2.06. The van der Waals surface area contributed by atoms with Gasteiger partial charge in [-0.2, -0.15) is 0 Å². The number of aromatic nitrogens is 1. The van der Waals surface area contributed by atoms with Gasteiger partial charge in [0.2, 0.25) is 5.89 Å². The lowest BCUT2D eigenvalue weighted by molar-refractivity contribution is 0.146. The van der Waals surface area contributed by atoms with Gasteiger partial charge in [0.1, 0.15) is 18.1 Å². The third-order valence-electron chi connectivity index (χ3n) is 3.72. The highest BCUT2D eigenvalue weighted by atomic mass is 16.5. The number of rotatable bonds is 9. The van der Waals surface area contributed by atoms with Crippen LogP contribution in [0, 0.1) is 13.8 Å². The van der Waals surface area contributed by atoms with Crippen LogP contribution >= 0.6 is 0 Å². The van der Waals surface area contributed by atoms with Crippen molar-refractivity contribution in [1.82, 2.24) is 15.6 Å². The van der Waals surface area contributed by atoms with Crippen LogP contribution in [0.1, 0.15) is 29.8 Å². The minimum absolute atomic E-state index is 0.493. The minimum Gasteiger partial charge on any atom is -0.491 e. The molecule has 7 heteroatoms. The maximum Gasteiger partial charge on any atom is 0.214 e. The molecule has 1 aromatic heterocycles. The van der Waals surface area contributed by atoms with E-state index in [-0.39, 0.29) is 0 Å². The van der Waals surface area contributed by atoms with Gasteiger partial charge in [0, 0.05) is 13.7 Å². The van der Waals surface area contributed by atoms with Crippen LogP contribution in [0.3, 0.4) is 0 Å². The Kier molecular flexibility index (Phi) is 7.95. The molecule has 142 valence electrons. The minimum atomic E-state index is 0.493. The molecule has 2 rings (SSSR count). The fraction of sp³-hybridized carbons (Fsp3) is 0.474. The van der Waals surface area contributed by atoms with E-state index in [9.17, 15) is 0 Å². The molecule has 1 aromatic carbocycles. The van der Waals surface area contributed by atoms with Gasteiger partial charge in [0.15, 0.2) is 5.96 Å². The molecule has 26 heavy (non-hydrogen) atoms. The van der Waals surface area contributed by atoms with Gasteiger partial charge in [0.05, 0.1) is 25.4 Å². The fourth-order valence-corrected chi connectivity index (χ4v) is 2.22.